The molecular weight excluding hydrogens is 256 g/mol. The smallest absolute Gasteiger partial charge is 0.211 e. The maximum atomic E-state index is 11.6. The molecule has 0 heterocycles. The van der Waals surface area contributed by atoms with Crippen LogP contribution in [0.4, 0.5) is 0 Å². The minimum atomic E-state index is -3.05. The van der Waals surface area contributed by atoms with Gasteiger partial charge in [0.15, 0.2) is 0 Å². The summed E-state index contributed by atoms with van der Waals surface area (Å²) in [6.45, 7) is 3.50. The van der Waals surface area contributed by atoms with E-state index in [0.29, 0.717) is 19.0 Å². The van der Waals surface area contributed by atoms with Crippen molar-refractivity contribution in [1.29, 1.82) is 0 Å². The molecule has 0 bridgehead atoms. The van der Waals surface area contributed by atoms with Crippen LogP contribution in [-0.2, 0) is 10.0 Å². The lowest BCUT2D eigenvalue weighted by atomic mass is 10.5. The molecule has 0 saturated heterocycles. The molecule has 1 saturated carbocycles. The second kappa shape index (κ2) is 8.34. The van der Waals surface area contributed by atoms with E-state index in [4.69, 9.17) is 0 Å². The Kier molecular flexibility index (Phi) is 7.50. The van der Waals surface area contributed by atoms with Gasteiger partial charge in [0.25, 0.3) is 0 Å². The van der Waals surface area contributed by atoms with Gasteiger partial charge in [0.1, 0.15) is 0 Å². The van der Waals surface area contributed by atoms with Crippen molar-refractivity contribution in [3.05, 3.63) is 0 Å². The van der Waals surface area contributed by atoms with Gasteiger partial charge >= 0.3 is 0 Å². The first-order chi connectivity index (χ1) is 8.14. The van der Waals surface area contributed by atoms with Gasteiger partial charge in [-0.05, 0) is 43.7 Å². The minimum absolute atomic E-state index is 0.244. The van der Waals surface area contributed by atoms with Crippen LogP contribution in [0.25, 0.3) is 0 Å². The van der Waals surface area contributed by atoms with Crippen LogP contribution in [0.2, 0.25) is 0 Å². The van der Waals surface area contributed by atoms with Crippen LogP contribution >= 0.6 is 11.8 Å². The fourth-order valence-corrected chi connectivity index (χ4v) is 3.24. The lowest BCUT2D eigenvalue weighted by Gasteiger charge is -2.06. The van der Waals surface area contributed by atoms with Gasteiger partial charge in [0.2, 0.25) is 10.0 Å². The zero-order chi connectivity index (χ0) is 12.6. The van der Waals surface area contributed by atoms with E-state index in [9.17, 15) is 8.42 Å². The molecule has 0 atom stereocenters. The Bertz CT molecular complexity index is 290. The summed E-state index contributed by atoms with van der Waals surface area (Å²) < 4.78 is 25.8. The topological polar surface area (TPSA) is 58.2 Å². The number of sulfonamides is 1. The van der Waals surface area contributed by atoms with Crippen molar-refractivity contribution in [2.24, 2.45) is 0 Å². The van der Waals surface area contributed by atoms with Crippen molar-refractivity contribution >= 4 is 21.8 Å². The van der Waals surface area contributed by atoms with Crippen molar-refractivity contribution in [3.63, 3.8) is 0 Å². The highest BCUT2D eigenvalue weighted by Gasteiger charge is 2.20. The highest BCUT2D eigenvalue weighted by molar-refractivity contribution is 7.99. The highest BCUT2D eigenvalue weighted by Crippen LogP contribution is 2.18. The summed E-state index contributed by atoms with van der Waals surface area (Å²) in [7, 11) is -3.05. The summed E-state index contributed by atoms with van der Waals surface area (Å²) in [5.74, 6) is 2.37. The number of hydrogen-bond donors (Lipinski definition) is 2. The van der Waals surface area contributed by atoms with Crippen molar-refractivity contribution in [3.8, 4) is 0 Å². The van der Waals surface area contributed by atoms with Crippen molar-refractivity contribution in [2.45, 2.75) is 38.6 Å². The Hall–Kier alpha value is 0.220. The molecule has 1 aliphatic rings. The number of thioether (sulfide) groups is 1. The molecule has 4 nitrogen and oxygen atoms in total. The van der Waals surface area contributed by atoms with Gasteiger partial charge in [-0.3, -0.25) is 0 Å². The molecular formula is C11H24N2O2S2. The Balaban J connectivity index is 1.95. The predicted octanol–water partition coefficient (Wildman–Crippen LogP) is 1.19. The number of rotatable bonds is 11. The van der Waals surface area contributed by atoms with E-state index in [1.165, 1.54) is 12.8 Å². The molecule has 0 aromatic carbocycles. The summed E-state index contributed by atoms with van der Waals surface area (Å²) >= 11 is 1.85. The van der Waals surface area contributed by atoms with E-state index in [-0.39, 0.29) is 5.75 Å². The molecule has 1 aliphatic carbocycles. The Morgan fingerprint density at radius 1 is 1.24 bits per heavy atom. The standard InChI is InChI=1S/C11H24N2O2S2/c1-2-16-9-3-8-13-17(14,15)10-4-7-12-11-5-6-11/h11-13H,2-10H2,1H3. The maximum absolute atomic E-state index is 11.6. The van der Waals surface area contributed by atoms with Crippen LogP contribution in [0.5, 0.6) is 0 Å². The Labute approximate surface area is 109 Å². The first kappa shape index (κ1) is 15.3. The Morgan fingerprint density at radius 3 is 2.65 bits per heavy atom. The van der Waals surface area contributed by atoms with Crippen LogP contribution < -0.4 is 10.0 Å². The van der Waals surface area contributed by atoms with Crippen LogP contribution in [-0.4, -0.2) is 44.8 Å². The van der Waals surface area contributed by atoms with Gasteiger partial charge in [-0.2, -0.15) is 11.8 Å². The lowest BCUT2D eigenvalue weighted by molar-refractivity contribution is 0.574. The molecule has 0 unspecified atom stereocenters. The summed E-state index contributed by atoms with van der Waals surface area (Å²) in [5.41, 5.74) is 0. The highest BCUT2D eigenvalue weighted by atomic mass is 32.2. The third-order valence-electron chi connectivity index (χ3n) is 2.59. The SMILES string of the molecule is CCSCCCNS(=O)(=O)CCCNC1CC1. The molecule has 1 fully saturated rings. The van der Waals surface area contributed by atoms with Crippen molar-refractivity contribution in [1.82, 2.24) is 10.0 Å². The van der Waals surface area contributed by atoms with Gasteiger partial charge in [0, 0.05) is 12.6 Å². The second-order valence-electron chi connectivity index (χ2n) is 4.35. The number of hydrogen-bond acceptors (Lipinski definition) is 4. The Morgan fingerprint density at radius 2 is 2.00 bits per heavy atom. The number of nitrogens with one attached hydrogen (secondary N) is 2. The molecule has 6 heteroatoms. The molecule has 0 aromatic rings. The van der Waals surface area contributed by atoms with Crippen molar-refractivity contribution in [2.75, 3.05) is 30.3 Å². The van der Waals surface area contributed by atoms with Gasteiger partial charge in [-0.1, -0.05) is 6.92 Å². The third kappa shape index (κ3) is 8.88. The summed E-state index contributed by atoms with van der Waals surface area (Å²) in [4.78, 5) is 0. The molecule has 1 rings (SSSR count). The largest absolute Gasteiger partial charge is 0.314 e. The van der Waals surface area contributed by atoms with Crippen LogP contribution in [0.3, 0.4) is 0 Å². The normalized spacial score (nSPS) is 16.3. The second-order valence-corrected chi connectivity index (χ2v) is 7.67. The van der Waals surface area contributed by atoms with E-state index in [1.807, 2.05) is 11.8 Å². The molecule has 2 N–H and O–H groups in total. The molecule has 0 aliphatic heterocycles. The van der Waals surface area contributed by atoms with Gasteiger partial charge in [0.05, 0.1) is 5.75 Å². The van der Waals surface area contributed by atoms with E-state index in [0.717, 1.165) is 24.5 Å². The fraction of sp³-hybridized carbons (Fsp3) is 1.00. The van der Waals surface area contributed by atoms with Gasteiger partial charge in [-0.15, -0.1) is 0 Å². The van der Waals surface area contributed by atoms with Gasteiger partial charge < -0.3 is 5.32 Å². The average molecular weight is 280 g/mol. The average Bonchev–Trinajstić information content (AvgIpc) is 3.08. The predicted molar refractivity (Wildman–Crippen MR) is 75.0 cm³/mol. The van der Waals surface area contributed by atoms with E-state index >= 15 is 0 Å². The zero-order valence-electron chi connectivity index (χ0n) is 10.6. The van der Waals surface area contributed by atoms with Crippen LogP contribution in [0.1, 0.15) is 32.6 Å². The van der Waals surface area contributed by atoms with Gasteiger partial charge in [-0.25, -0.2) is 13.1 Å². The molecule has 102 valence electrons. The lowest BCUT2D eigenvalue weighted by Crippen LogP contribution is -2.29. The molecule has 0 radical (unpaired) electrons. The minimum Gasteiger partial charge on any atom is -0.314 e. The third-order valence-corrected chi connectivity index (χ3v) is 5.05. The first-order valence-electron chi connectivity index (χ1n) is 6.42. The van der Waals surface area contributed by atoms with E-state index in [1.54, 1.807) is 0 Å². The molecule has 0 aromatic heterocycles. The molecule has 17 heavy (non-hydrogen) atoms. The molecule has 0 amide bonds. The van der Waals surface area contributed by atoms with Crippen LogP contribution in [0, 0.1) is 0 Å². The van der Waals surface area contributed by atoms with E-state index in [2.05, 4.69) is 17.0 Å². The van der Waals surface area contributed by atoms with Crippen molar-refractivity contribution < 1.29 is 8.42 Å². The van der Waals surface area contributed by atoms with Crippen LogP contribution in [0.15, 0.2) is 0 Å². The van der Waals surface area contributed by atoms with E-state index < -0.39 is 10.0 Å². The summed E-state index contributed by atoms with van der Waals surface area (Å²) in [6.07, 6.45) is 4.12. The zero-order valence-corrected chi connectivity index (χ0v) is 12.2. The summed E-state index contributed by atoms with van der Waals surface area (Å²) in [6, 6.07) is 0.664. The monoisotopic (exact) mass is 280 g/mol. The molecule has 0 spiro atoms. The summed E-state index contributed by atoms with van der Waals surface area (Å²) in [5, 5.41) is 3.32. The quantitative estimate of drug-likeness (QED) is 0.558. The maximum Gasteiger partial charge on any atom is 0.211 e. The first-order valence-corrected chi connectivity index (χ1v) is 9.23. The fourth-order valence-electron chi connectivity index (χ4n) is 1.47.